The molecule has 0 atom stereocenters. The lowest BCUT2D eigenvalue weighted by molar-refractivity contribution is -0.118. The van der Waals surface area contributed by atoms with Crippen molar-refractivity contribution in [2.75, 3.05) is 11.9 Å². The van der Waals surface area contributed by atoms with Crippen LogP contribution in [-0.2, 0) is 17.6 Å². The minimum absolute atomic E-state index is 0.0320. The molecule has 0 saturated carbocycles. The van der Waals surface area contributed by atoms with Crippen LogP contribution in [0.2, 0.25) is 0 Å². The summed E-state index contributed by atoms with van der Waals surface area (Å²) in [4.78, 5) is 11.9. The van der Waals surface area contributed by atoms with Gasteiger partial charge in [0.1, 0.15) is 5.75 Å². The van der Waals surface area contributed by atoms with Crippen molar-refractivity contribution >= 4 is 34.2 Å². The number of halogens is 1. The average molecular weight is 393 g/mol. The van der Waals surface area contributed by atoms with E-state index in [4.69, 9.17) is 4.74 Å². The zero-order valence-corrected chi connectivity index (χ0v) is 13.7. The van der Waals surface area contributed by atoms with Gasteiger partial charge in [0.15, 0.2) is 6.61 Å². The minimum atomic E-state index is -0.141. The fourth-order valence-electron chi connectivity index (χ4n) is 2.55. The number of ether oxygens (including phenoxy) is 1. The molecule has 4 heteroatoms. The summed E-state index contributed by atoms with van der Waals surface area (Å²) in [6.07, 6.45) is 3.48. The van der Waals surface area contributed by atoms with E-state index in [2.05, 4.69) is 40.0 Å². The number of rotatable bonds is 4. The maximum absolute atomic E-state index is 11.9. The molecule has 1 aliphatic rings. The number of fused-ring (bicyclic) bond motifs is 1. The van der Waals surface area contributed by atoms with Gasteiger partial charge in [0.2, 0.25) is 0 Å². The van der Waals surface area contributed by atoms with E-state index in [9.17, 15) is 4.79 Å². The van der Waals surface area contributed by atoms with Gasteiger partial charge in [0, 0.05) is 9.26 Å². The predicted octanol–water partition coefficient (Wildman–Crippen LogP) is 3.80. The summed E-state index contributed by atoms with van der Waals surface area (Å²) in [6, 6.07) is 13.8. The Morgan fingerprint density at radius 1 is 1.14 bits per heavy atom. The number of nitrogens with one attached hydrogen (secondary N) is 1. The SMILES string of the molecule is O=C(COc1ccc2c(c1)CCC2)Nc1cccc(I)c1. The van der Waals surface area contributed by atoms with E-state index < -0.39 is 0 Å². The van der Waals surface area contributed by atoms with E-state index in [1.807, 2.05) is 30.3 Å². The summed E-state index contributed by atoms with van der Waals surface area (Å²) in [5.41, 5.74) is 3.56. The van der Waals surface area contributed by atoms with Gasteiger partial charge < -0.3 is 10.1 Å². The van der Waals surface area contributed by atoms with Crippen molar-refractivity contribution in [2.24, 2.45) is 0 Å². The third-order valence-corrected chi connectivity index (χ3v) is 4.22. The fourth-order valence-corrected chi connectivity index (χ4v) is 3.09. The van der Waals surface area contributed by atoms with E-state index in [-0.39, 0.29) is 12.5 Å². The Kier molecular flexibility index (Phi) is 4.43. The molecule has 3 rings (SSSR count). The summed E-state index contributed by atoms with van der Waals surface area (Å²) in [7, 11) is 0. The molecule has 0 radical (unpaired) electrons. The molecular formula is C17H16INO2. The topological polar surface area (TPSA) is 38.3 Å². The van der Waals surface area contributed by atoms with Gasteiger partial charge in [-0.1, -0.05) is 12.1 Å². The highest BCUT2D eigenvalue weighted by Gasteiger charge is 2.12. The molecule has 0 heterocycles. The number of carbonyl (C=O) groups excluding carboxylic acids is 1. The number of hydrogen-bond donors (Lipinski definition) is 1. The molecule has 3 nitrogen and oxygen atoms in total. The molecule has 0 bridgehead atoms. The van der Waals surface area contributed by atoms with Crippen molar-refractivity contribution in [1.82, 2.24) is 0 Å². The molecule has 0 aromatic heterocycles. The highest BCUT2D eigenvalue weighted by molar-refractivity contribution is 14.1. The standard InChI is InChI=1S/C17H16INO2/c18-14-5-2-6-15(10-14)19-17(20)11-21-16-8-7-12-3-1-4-13(12)9-16/h2,5-10H,1,3-4,11H2,(H,19,20). The van der Waals surface area contributed by atoms with Gasteiger partial charge in [-0.25, -0.2) is 0 Å². The summed E-state index contributed by atoms with van der Waals surface area (Å²) in [6.45, 7) is 0.0320. The molecule has 2 aromatic rings. The zero-order chi connectivity index (χ0) is 14.7. The second kappa shape index (κ2) is 6.47. The average Bonchev–Trinajstić information content (AvgIpc) is 2.92. The lowest BCUT2D eigenvalue weighted by Crippen LogP contribution is -2.20. The Morgan fingerprint density at radius 3 is 2.86 bits per heavy atom. The number of aryl methyl sites for hydroxylation is 2. The number of benzene rings is 2. The van der Waals surface area contributed by atoms with E-state index in [1.54, 1.807) is 0 Å². The van der Waals surface area contributed by atoms with Crippen molar-refractivity contribution in [3.63, 3.8) is 0 Å². The van der Waals surface area contributed by atoms with Crippen LogP contribution in [0.4, 0.5) is 5.69 Å². The molecule has 108 valence electrons. The molecule has 21 heavy (non-hydrogen) atoms. The van der Waals surface area contributed by atoms with Gasteiger partial charge in [-0.15, -0.1) is 0 Å². The molecule has 0 spiro atoms. The molecule has 1 N–H and O–H groups in total. The summed E-state index contributed by atoms with van der Waals surface area (Å²) in [5, 5.41) is 2.84. The van der Waals surface area contributed by atoms with Crippen LogP contribution in [0.5, 0.6) is 5.75 Å². The highest BCUT2D eigenvalue weighted by atomic mass is 127. The largest absolute Gasteiger partial charge is 0.484 e. The van der Waals surface area contributed by atoms with Crippen LogP contribution < -0.4 is 10.1 Å². The summed E-state index contributed by atoms with van der Waals surface area (Å²) in [5.74, 6) is 0.631. The Bertz CT molecular complexity index is 670. The second-order valence-electron chi connectivity index (χ2n) is 5.13. The van der Waals surface area contributed by atoms with Gasteiger partial charge >= 0.3 is 0 Å². The lowest BCUT2D eigenvalue weighted by Gasteiger charge is -2.09. The van der Waals surface area contributed by atoms with Gasteiger partial charge in [0.05, 0.1) is 0 Å². The first kappa shape index (κ1) is 14.4. The number of hydrogen-bond acceptors (Lipinski definition) is 2. The Hall–Kier alpha value is -1.56. The van der Waals surface area contributed by atoms with E-state index >= 15 is 0 Å². The first-order chi connectivity index (χ1) is 10.2. The van der Waals surface area contributed by atoms with Gasteiger partial charge in [-0.2, -0.15) is 0 Å². The number of amides is 1. The molecule has 1 aliphatic carbocycles. The van der Waals surface area contributed by atoms with Crippen molar-refractivity contribution in [2.45, 2.75) is 19.3 Å². The smallest absolute Gasteiger partial charge is 0.262 e. The summed E-state index contributed by atoms with van der Waals surface area (Å²) < 4.78 is 6.67. The van der Waals surface area contributed by atoms with Crippen LogP contribution in [0.1, 0.15) is 17.5 Å². The molecule has 0 unspecified atom stereocenters. The van der Waals surface area contributed by atoms with Crippen LogP contribution in [0.15, 0.2) is 42.5 Å². The van der Waals surface area contributed by atoms with Crippen molar-refractivity contribution < 1.29 is 9.53 Å². The number of carbonyl (C=O) groups is 1. The molecule has 0 aliphatic heterocycles. The lowest BCUT2D eigenvalue weighted by atomic mass is 10.1. The first-order valence-corrected chi connectivity index (χ1v) is 8.08. The van der Waals surface area contributed by atoms with Gasteiger partial charge in [0.25, 0.3) is 5.91 Å². The van der Waals surface area contributed by atoms with Crippen molar-refractivity contribution in [3.8, 4) is 5.75 Å². The monoisotopic (exact) mass is 393 g/mol. The number of anilines is 1. The first-order valence-electron chi connectivity index (χ1n) is 7.01. The van der Waals surface area contributed by atoms with E-state index in [0.717, 1.165) is 27.8 Å². The summed E-state index contributed by atoms with van der Waals surface area (Å²) >= 11 is 2.22. The highest BCUT2D eigenvalue weighted by Crippen LogP contribution is 2.26. The van der Waals surface area contributed by atoms with Crippen LogP contribution >= 0.6 is 22.6 Å². The quantitative estimate of drug-likeness (QED) is 0.803. The fraction of sp³-hybridized carbons (Fsp3) is 0.235. The van der Waals surface area contributed by atoms with E-state index in [0.29, 0.717) is 0 Å². The minimum Gasteiger partial charge on any atom is -0.484 e. The zero-order valence-electron chi connectivity index (χ0n) is 11.6. The third kappa shape index (κ3) is 3.75. The molecular weight excluding hydrogens is 377 g/mol. The maximum atomic E-state index is 11.9. The maximum Gasteiger partial charge on any atom is 0.262 e. The van der Waals surface area contributed by atoms with E-state index in [1.165, 1.54) is 17.5 Å². The van der Waals surface area contributed by atoms with Gasteiger partial charge in [-0.3, -0.25) is 4.79 Å². The Morgan fingerprint density at radius 2 is 2.00 bits per heavy atom. The van der Waals surface area contributed by atoms with Gasteiger partial charge in [-0.05, 0) is 83.3 Å². The molecule has 0 saturated heterocycles. The molecule has 0 fully saturated rings. The Balaban J connectivity index is 1.56. The van der Waals surface area contributed by atoms with Crippen molar-refractivity contribution in [1.29, 1.82) is 0 Å². The third-order valence-electron chi connectivity index (χ3n) is 3.55. The van der Waals surface area contributed by atoms with Crippen LogP contribution in [0.3, 0.4) is 0 Å². The van der Waals surface area contributed by atoms with Crippen LogP contribution in [-0.4, -0.2) is 12.5 Å². The molecule has 1 amide bonds. The normalized spacial score (nSPS) is 12.8. The molecule has 2 aromatic carbocycles. The van der Waals surface area contributed by atoms with Crippen LogP contribution in [0, 0.1) is 3.57 Å². The van der Waals surface area contributed by atoms with Crippen molar-refractivity contribution in [3.05, 3.63) is 57.2 Å². The second-order valence-corrected chi connectivity index (χ2v) is 6.38. The predicted molar refractivity (Wildman–Crippen MR) is 91.8 cm³/mol. The Labute approximate surface area is 137 Å². The van der Waals surface area contributed by atoms with Crippen LogP contribution in [0.25, 0.3) is 0 Å².